The van der Waals surface area contributed by atoms with Crippen LogP contribution >= 0.6 is 0 Å². The Labute approximate surface area is 628 Å². The molecule has 0 saturated heterocycles. The van der Waals surface area contributed by atoms with E-state index in [2.05, 4.69) is 10.0 Å². The summed E-state index contributed by atoms with van der Waals surface area (Å²) in [6, 6.07) is 0. The first-order valence-corrected chi connectivity index (χ1v) is 48.1. The molecule has 4 N–H and O–H groups in total. The van der Waals surface area contributed by atoms with Crippen molar-refractivity contribution >= 4 is 22.1 Å². The highest BCUT2D eigenvalue weighted by Crippen LogP contribution is 2.83. The highest BCUT2D eigenvalue weighted by atomic mass is 32.2. The van der Waals surface area contributed by atoms with Crippen LogP contribution in [-0.2, 0) is 28.6 Å². The molecule has 42 aliphatic carbocycles. The maximum absolute atomic E-state index is 12.6. The molecule has 48 bridgehead atoms. The minimum absolute atomic E-state index is 0.0291. The molecule has 42 fully saturated rings. The Bertz CT molecular complexity index is 3580. The van der Waals surface area contributed by atoms with Crippen LogP contribution in [0.1, 0.15) is 231 Å². The number of hydrogen-bond acceptors (Lipinski definition) is 9. The smallest absolute Gasteiger partial charge is 0.312 e. The van der Waals surface area contributed by atoms with Crippen LogP contribution in [0.3, 0.4) is 0 Å². The second-order valence-corrected chi connectivity index (χ2v) is 49.1. The van der Waals surface area contributed by atoms with Gasteiger partial charge in [-0.1, -0.05) is 5.11 Å². The highest BCUT2D eigenvalue weighted by Gasteiger charge is 2.78. The zero-order valence-electron chi connectivity index (χ0n) is 64.2. The lowest BCUT2D eigenvalue weighted by atomic mass is 9.31. The summed E-state index contributed by atoms with van der Waals surface area (Å²) >= 11 is 0. The van der Waals surface area contributed by atoms with Gasteiger partial charge in [-0.3, -0.25) is 13.8 Å². The van der Waals surface area contributed by atoms with Crippen molar-refractivity contribution in [3.05, 3.63) is 10.4 Å². The average molecular weight is 1450 g/mol. The summed E-state index contributed by atoms with van der Waals surface area (Å²) in [6.45, 7) is 2.85. The van der Waals surface area contributed by atoms with E-state index < -0.39 is 16.1 Å². The van der Waals surface area contributed by atoms with E-state index in [0.29, 0.717) is 53.1 Å². The number of nitrogens with zero attached hydrogens (tertiary/aromatic N) is 3. The number of ether oxygens (including phenoxy) is 1. The predicted octanol–water partition coefficient (Wildman–Crippen LogP) is 17.7. The number of aliphatic carboxylic acids is 1. The molecule has 0 aromatic heterocycles. The van der Waals surface area contributed by atoms with Gasteiger partial charge in [-0.15, -0.1) is 0 Å². The maximum Gasteiger partial charge on any atom is 0.312 e. The SMILES string of the molecule is COC(=O)C12CC3CC4C5CC(CC41)CC2C5C3.CS(=O)(=O)OCC12CC3CC4C5CC(CC41)CC2C5C3.NCC12CC3CC4C5CC(CC41)CC2C5C3.O=C(O)C12CC3CC4C5CC(CC41)CC2C5C3.OCC12CC3CC4C5CC(CC41)CC2C5C3.[N-]=[N+]=NCC12CC3CC4C5CC(CC41)CC2C5C3. The first-order chi connectivity index (χ1) is 50.8. The Kier molecular flexibility index (Phi) is 14.1. The van der Waals surface area contributed by atoms with E-state index in [0.717, 1.165) is 244 Å². The quantitative estimate of drug-likeness (QED) is 0.0660. The van der Waals surface area contributed by atoms with E-state index in [-0.39, 0.29) is 22.2 Å². The summed E-state index contributed by atoms with van der Waals surface area (Å²) in [6.07, 6.45) is 52.8. The number of azide groups is 1. The minimum Gasteiger partial charge on any atom is -0.481 e. The third-order valence-electron chi connectivity index (χ3n) is 45.8. The van der Waals surface area contributed by atoms with Crippen molar-refractivity contribution in [3.8, 4) is 0 Å². The molecule has 0 heterocycles. The molecule has 42 rings (SSSR count). The molecule has 0 radical (unpaired) electrons. The molecule has 105 heavy (non-hydrogen) atoms. The molecule has 24 unspecified atom stereocenters. The molecule has 12 nitrogen and oxygen atoms in total. The summed E-state index contributed by atoms with van der Waals surface area (Å²) in [7, 11) is -1.69. The van der Waals surface area contributed by atoms with E-state index in [9.17, 15) is 28.2 Å². The molecule has 42 saturated carbocycles. The van der Waals surface area contributed by atoms with Crippen LogP contribution < -0.4 is 5.73 Å². The van der Waals surface area contributed by atoms with Crippen LogP contribution in [-0.4, -0.2) is 70.2 Å². The lowest BCUT2D eigenvalue weighted by molar-refractivity contribution is -0.265. The van der Waals surface area contributed by atoms with Crippen LogP contribution in [0.5, 0.6) is 0 Å². The van der Waals surface area contributed by atoms with E-state index >= 15 is 0 Å². The van der Waals surface area contributed by atoms with Gasteiger partial charge in [0.05, 0.1) is 30.8 Å². The van der Waals surface area contributed by atoms with Crippen LogP contribution in [0.25, 0.3) is 10.4 Å². The first kappa shape index (κ1) is 66.5. The number of carboxylic acids is 1. The Balaban J connectivity index is 0.0000000732. The third-order valence-corrected chi connectivity index (χ3v) is 46.4. The van der Waals surface area contributed by atoms with Crippen molar-refractivity contribution < 1.29 is 37.1 Å². The molecule has 0 aromatic carbocycles. The maximum atomic E-state index is 12.6. The van der Waals surface area contributed by atoms with Crippen molar-refractivity contribution in [2.75, 3.05) is 39.7 Å². The normalized spacial score (nSPS) is 64.2. The van der Waals surface area contributed by atoms with Gasteiger partial charge in [0.15, 0.2) is 0 Å². The fraction of sp³-hybridized carbons (Fsp3) is 0.978. The number of aliphatic hydroxyl groups is 1. The first-order valence-electron chi connectivity index (χ1n) is 46.3. The Morgan fingerprint density at radius 3 is 0.952 bits per heavy atom. The molecule has 0 spiro atoms. The van der Waals surface area contributed by atoms with Gasteiger partial charge in [0.25, 0.3) is 10.1 Å². The zero-order chi connectivity index (χ0) is 70.0. The Hall–Kier alpha value is -1.92. The Morgan fingerprint density at radius 2 is 0.638 bits per heavy atom. The molecule has 13 heteroatoms. The van der Waals surface area contributed by atoms with Crippen LogP contribution in [0.4, 0.5) is 0 Å². The lowest BCUT2D eigenvalue weighted by Gasteiger charge is -2.74. The fourth-order valence-corrected chi connectivity index (χ4v) is 45.6. The average Bonchev–Trinajstić information content (AvgIpc) is 0.702. The molecule has 0 aliphatic heterocycles. The number of rotatable bonds is 9. The summed E-state index contributed by atoms with van der Waals surface area (Å²) in [5.74, 6) is 39.0. The fourth-order valence-electron chi connectivity index (χ4n) is 45.1. The van der Waals surface area contributed by atoms with E-state index in [1.165, 1.54) is 186 Å². The number of esters is 1. The van der Waals surface area contributed by atoms with Crippen LogP contribution in [0.2, 0.25) is 0 Å². The molecular formula is C92H132N4O8S. The zero-order valence-corrected chi connectivity index (χ0v) is 65.0. The minimum atomic E-state index is -3.30. The lowest BCUT2D eigenvalue weighted by Crippen LogP contribution is -2.70. The number of carbonyl (C=O) groups is 2. The standard InChI is InChI=1S/C16H24O3S.C16H22O2.C15H21N3.C15H23N.C15H20O2.C15H22O/c1-20(17,18)19-8-16-7-10-3-12-11-2-9(5-14(12)16)6-15(16)13(11)4-10;1-18-15(17)16-7-9-3-11-10-2-8(5-13(11)16)6-14(16)12(10)4-9;16-18-17-7-15-6-9-2-11-10-1-8(4-13(11)15)5-14(15)12(10)3-9;16-7-15-6-9-2-11-10-1-8(4-13(11)15)5-14(15)12(10)3-9;16-14(17)15-6-8-2-10-9-1-7(4-12(10)15)5-13(15)11(9)3-8;16-7-15-6-9-2-11-10-1-8(4-13(11)15)5-14(15)12(10)3-9/h9-15H,2-8H2,1H3;8-14H,2-7H2,1H3;8-14H,1-7H2;8-14H,1-7,16H2;7-13H,1-6H2,(H,16,17);8-14,16H,1-7H2. The number of aliphatic hydroxyl groups excluding tert-OH is 1. The van der Waals surface area contributed by atoms with Gasteiger partial charge in [0, 0.05) is 23.5 Å². The number of carbonyl (C=O) groups excluding carboxylic acids is 1. The topological polar surface area (TPSA) is 202 Å². The Morgan fingerprint density at radius 1 is 0.381 bits per heavy atom. The number of nitrogens with two attached hydrogens (primary N) is 1. The number of methoxy groups -OCH3 is 1. The summed E-state index contributed by atoms with van der Waals surface area (Å²) in [5, 5.41) is 24.0. The van der Waals surface area contributed by atoms with Gasteiger partial charge in [-0.25, -0.2) is 0 Å². The monoisotopic (exact) mass is 1450 g/mol. The molecule has 24 atom stereocenters. The molecule has 0 amide bonds. The van der Waals surface area contributed by atoms with Gasteiger partial charge < -0.3 is 20.7 Å². The van der Waals surface area contributed by atoms with E-state index in [1.807, 2.05) is 0 Å². The van der Waals surface area contributed by atoms with Crippen molar-refractivity contribution in [2.24, 2.45) is 292 Å². The summed E-state index contributed by atoms with van der Waals surface area (Å²) < 4.78 is 33.6. The van der Waals surface area contributed by atoms with E-state index in [1.54, 1.807) is 52.1 Å². The van der Waals surface area contributed by atoms with Crippen molar-refractivity contribution in [1.82, 2.24) is 0 Å². The van der Waals surface area contributed by atoms with Gasteiger partial charge >= 0.3 is 11.9 Å². The molecule has 574 valence electrons. The van der Waals surface area contributed by atoms with Crippen molar-refractivity contribution in [3.63, 3.8) is 0 Å². The van der Waals surface area contributed by atoms with E-state index in [4.69, 9.17) is 20.2 Å². The summed E-state index contributed by atoms with van der Waals surface area (Å²) in [5.41, 5.74) is 16.5. The predicted molar refractivity (Wildman–Crippen MR) is 398 cm³/mol. The second-order valence-electron chi connectivity index (χ2n) is 47.4. The van der Waals surface area contributed by atoms with Crippen LogP contribution in [0.15, 0.2) is 5.11 Å². The van der Waals surface area contributed by atoms with Gasteiger partial charge in [0.1, 0.15) is 0 Å². The third kappa shape index (κ3) is 8.44. The van der Waals surface area contributed by atoms with Gasteiger partial charge in [-0.2, -0.15) is 8.42 Å². The number of carboxylic acid groups (broad SMARTS) is 1. The molecule has 42 aliphatic rings. The van der Waals surface area contributed by atoms with Crippen LogP contribution in [0, 0.1) is 281 Å². The van der Waals surface area contributed by atoms with Gasteiger partial charge in [-0.05, 0) is 508 Å². The summed E-state index contributed by atoms with van der Waals surface area (Å²) in [4.78, 5) is 27.7. The van der Waals surface area contributed by atoms with Crippen molar-refractivity contribution in [2.45, 2.75) is 231 Å². The van der Waals surface area contributed by atoms with Crippen molar-refractivity contribution in [1.29, 1.82) is 0 Å². The highest BCUT2D eigenvalue weighted by molar-refractivity contribution is 7.86. The van der Waals surface area contributed by atoms with Gasteiger partial charge in [0.2, 0.25) is 0 Å². The second kappa shape index (κ2) is 22.3. The molecular weight excluding hydrogens is 1320 g/mol. The molecule has 0 aromatic rings. The largest absolute Gasteiger partial charge is 0.481 e. The number of hydrogen-bond donors (Lipinski definition) is 3.